The number of halogens is 4. The fourth-order valence-electron chi connectivity index (χ4n) is 1.21. The van der Waals surface area contributed by atoms with Crippen molar-refractivity contribution in [2.24, 2.45) is 0 Å². The summed E-state index contributed by atoms with van der Waals surface area (Å²) in [6.45, 7) is 1.23. The Bertz CT molecular complexity index is 534. The molecule has 0 radical (unpaired) electrons. The van der Waals surface area contributed by atoms with Crippen molar-refractivity contribution in [3.8, 4) is 0 Å². The Hall–Kier alpha value is -1.77. The molecule has 5 nitrogen and oxygen atoms in total. The Morgan fingerprint density at radius 2 is 1.95 bits per heavy atom. The highest BCUT2D eigenvalue weighted by Gasteiger charge is 2.31. The van der Waals surface area contributed by atoms with Gasteiger partial charge in [-0.3, -0.25) is 4.79 Å². The van der Waals surface area contributed by atoms with E-state index in [1.165, 1.54) is 6.92 Å². The zero-order chi connectivity index (χ0) is 15.5. The predicted molar refractivity (Wildman–Crippen MR) is 68.4 cm³/mol. The van der Waals surface area contributed by atoms with E-state index in [9.17, 15) is 22.8 Å². The normalized spacial score (nSPS) is 12.7. The lowest BCUT2D eigenvalue weighted by Gasteiger charge is -2.14. The molecule has 0 bridgehead atoms. The third-order valence-electron chi connectivity index (χ3n) is 2.26. The highest BCUT2D eigenvalue weighted by Crippen LogP contribution is 2.33. The maximum Gasteiger partial charge on any atom is 0.416 e. The van der Waals surface area contributed by atoms with Crippen LogP contribution < -0.4 is 10.6 Å². The van der Waals surface area contributed by atoms with Gasteiger partial charge in [0.25, 0.3) is 0 Å². The van der Waals surface area contributed by atoms with Gasteiger partial charge in [-0.2, -0.15) is 13.2 Å². The molecule has 1 rings (SSSR count). The second-order valence-corrected chi connectivity index (χ2v) is 4.71. The predicted octanol–water partition coefficient (Wildman–Crippen LogP) is 3.06. The number of carbonyl (C=O) groups is 2. The van der Waals surface area contributed by atoms with Gasteiger partial charge in [0.05, 0.1) is 11.3 Å². The Kier molecular flexibility index (Phi) is 4.98. The molecule has 0 aromatic heterocycles. The first-order valence-corrected chi connectivity index (χ1v) is 6.07. The van der Waals surface area contributed by atoms with Gasteiger partial charge in [-0.25, -0.2) is 4.79 Å². The molecule has 1 atom stereocenters. The van der Waals surface area contributed by atoms with Crippen LogP contribution in [0.1, 0.15) is 12.5 Å². The molecule has 0 saturated heterocycles. The molecule has 0 heterocycles. The van der Waals surface area contributed by atoms with Gasteiger partial charge in [0.15, 0.2) is 0 Å². The number of aliphatic carboxylic acids is 1. The minimum Gasteiger partial charge on any atom is -0.480 e. The number of hydrogen-bond acceptors (Lipinski definition) is 2. The summed E-state index contributed by atoms with van der Waals surface area (Å²) in [7, 11) is 0. The van der Waals surface area contributed by atoms with Crippen molar-refractivity contribution in [3.63, 3.8) is 0 Å². The van der Waals surface area contributed by atoms with Crippen molar-refractivity contribution in [2.45, 2.75) is 19.1 Å². The fourth-order valence-corrected chi connectivity index (χ4v) is 1.56. The molecule has 0 aliphatic heterocycles. The Morgan fingerprint density at radius 3 is 2.45 bits per heavy atom. The average molecular weight is 355 g/mol. The Morgan fingerprint density at radius 1 is 1.35 bits per heavy atom. The smallest absolute Gasteiger partial charge is 0.416 e. The number of carboxylic acids is 1. The van der Waals surface area contributed by atoms with Crippen molar-refractivity contribution < 1.29 is 27.9 Å². The number of anilines is 1. The van der Waals surface area contributed by atoms with Crippen LogP contribution in [-0.2, 0) is 11.0 Å². The van der Waals surface area contributed by atoms with E-state index in [-0.39, 0.29) is 10.2 Å². The topological polar surface area (TPSA) is 78.4 Å². The van der Waals surface area contributed by atoms with Gasteiger partial charge in [0, 0.05) is 4.47 Å². The maximum atomic E-state index is 12.5. The second kappa shape index (κ2) is 6.12. The zero-order valence-corrected chi connectivity index (χ0v) is 11.7. The molecule has 0 fully saturated rings. The number of carbonyl (C=O) groups excluding carboxylic acids is 1. The van der Waals surface area contributed by atoms with Crippen LogP contribution in [0.3, 0.4) is 0 Å². The van der Waals surface area contributed by atoms with Crippen LogP contribution in [0.5, 0.6) is 0 Å². The summed E-state index contributed by atoms with van der Waals surface area (Å²) in [5, 5.41) is 12.8. The molecule has 110 valence electrons. The number of carboxylic acid groups (broad SMARTS) is 1. The van der Waals surface area contributed by atoms with E-state index in [2.05, 4.69) is 26.6 Å². The van der Waals surface area contributed by atoms with Crippen LogP contribution in [-0.4, -0.2) is 23.1 Å². The van der Waals surface area contributed by atoms with Crippen molar-refractivity contribution >= 4 is 33.6 Å². The van der Waals surface area contributed by atoms with E-state index in [1.807, 2.05) is 0 Å². The van der Waals surface area contributed by atoms with Gasteiger partial charge >= 0.3 is 18.2 Å². The third-order valence-corrected chi connectivity index (χ3v) is 2.95. The summed E-state index contributed by atoms with van der Waals surface area (Å²) in [5.41, 5.74) is -1.04. The second-order valence-electron chi connectivity index (χ2n) is 3.85. The molecule has 1 aromatic rings. The molecule has 20 heavy (non-hydrogen) atoms. The summed E-state index contributed by atoms with van der Waals surface area (Å²) < 4.78 is 37.8. The van der Waals surface area contributed by atoms with Crippen LogP contribution in [0.15, 0.2) is 22.7 Å². The van der Waals surface area contributed by atoms with Gasteiger partial charge in [0.2, 0.25) is 0 Å². The highest BCUT2D eigenvalue weighted by molar-refractivity contribution is 9.10. The van der Waals surface area contributed by atoms with Gasteiger partial charge < -0.3 is 15.7 Å². The Labute approximate surface area is 120 Å². The number of benzene rings is 1. The number of alkyl halides is 3. The van der Waals surface area contributed by atoms with E-state index < -0.39 is 29.8 Å². The zero-order valence-electron chi connectivity index (χ0n) is 10.1. The van der Waals surface area contributed by atoms with Crippen molar-refractivity contribution in [3.05, 3.63) is 28.2 Å². The molecule has 0 aliphatic rings. The van der Waals surface area contributed by atoms with Gasteiger partial charge in [0.1, 0.15) is 6.04 Å². The molecule has 2 amide bonds. The molecule has 0 saturated carbocycles. The van der Waals surface area contributed by atoms with E-state index in [4.69, 9.17) is 5.11 Å². The van der Waals surface area contributed by atoms with Gasteiger partial charge in [-0.1, -0.05) is 0 Å². The molecule has 9 heteroatoms. The van der Waals surface area contributed by atoms with E-state index in [1.54, 1.807) is 0 Å². The maximum absolute atomic E-state index is 12.5. The van der Waals surface area contributed by atoms with Gasteiger partial charge in [-0.15, -0.1) is 0 Å². The van der Waals surface area contributed by atoms with Crippen LogP contribution in [0.25, 0.3) is 0 Å². The van der Waals surface area contributed by atoms with Crippen molar-refractivity contribution in [2.75, 3.05) is 5.32 Å². The number of amides is 2. The summed E-state index contributed by atoms with van der Waals surface area (Å²) in [4.78, 5) is 22.0. The minimum absolute atomic E-state index is 0.116. The number of rotatable bonds is 3. The van der Waals surface area contributed by atoms with E-state index in [0.29, 0.717) is 0 Å². The van der Waals surface area contributed by atoms with Gasteiger partial charge in [-0.05, 0) is 41.1 Å². The lowest BCUT2D eigenvalue weighted by Crippen LogP contribution is -2.40. The average Bonchev–Trinajstić information content (AvgIpc) is 2.30. The third kappa shape index (κ3) is 4.41. The molecule has 1 aromatic carbocycles. The number of urea groups is 1. The molecule has 0 unspecified atom stereocenters. The Balaban J connectivity index is 2.87. The van der Waals surface area contributed by atoms with Crippen LogP contribution in [0.2, 0.25) is 0 Å². The highest BCUT2D eigenvalue weighted by atomic mass is 79.9. The lowest BCUT2D eigenvalue weighted by molar-refractivity contribution is -0.139. The lowest BCUT2D eigenvalue weighted by atomic mass is 10.2. The summed E-state index contributed by atoms with van der Waals surface area (Å²) >= 11 is 2.99. The standard InChI is InChI=1S/C11H10BrF3N2O3/c1-5(9(18)19)16-10(20)17-8-4-6(11(13,14)15)2-3-7(8)12/h2-5H,1H3,(H,18,19)(H2,16,17,20)/t5-/m1/s1. The number of hydrogen-bond donors (Lipinski definition) is 3. The van der Waals surface area contributed by atoms with Crippen LogP contribution >= 0.6 is 15.9 Å². The van der Waals surface area contributed by atoms with E-state index >= 15 is 0 Å². The summed E-state index contributed by atoms with van der Waals surface area (Å²) in [5.74, 6) is -1.26. The summed E-state index contributed by atoms with van der Waals surface area (Å²) in [6.07, 6.45) is -4.54. The van der Waals surface area contributed by atoms with Crippen LogP contribution in [0.4, 0.5) is 23.7 Å². The first-order chi connectivity index (χ1) is 9.11. The largest absolute Gasteiger partial charge is 0.480 e. The molecule has 3 N–H and O–H groups in total. The number of nitrogens with one attached hydrogen (secondary N) is 2. The SMILES string of the molecule is C[C@@H](NC(=O)Nc1cc(C(F)(F)F)ccc1Br)C(=O)O. The first-order valence-electron chi connectivity index (χ1n) is 5.28. The molecular weight excluding hydrogens is 345 g/mol. The molecule has 0 aliphatic carbocycles. The van der Waals surface area contributed by atoms with Crippen molar-refractivity contribution in [1.82, 2.24) is 5.32 Å². The minimum atomic E-state index is -4.54. The quantitative estimate of drug-likeness (QED) is 0.780. The summed E-state index contributed by atoms with van der Waals surface area (Å²) in [6, 6.07) is 0.654. The fraction of sp³-hybridized carbons (Fsp3) is 0.273. The first kappa shape index (κ1) is 16.3. The van der Waals surface area contributed by atoms with Crippen molar-refractivity contribution in [1.29, 1.82) is 0 Å². The van der Waals surface area contributed by atoms with Crippen LogP contribution in [0, 0.1) is 0 Å². The van der Waals surface area contributed by atoms with E-state index in [0.717, 1.165) is 18.2 Å². The monoisotopic (exact) mass is 354 g/mol. The molecular formula is C11H10BrF3N2O3. The molecule has 0 spiro atoms.